The number of esters is 1. The molecule has 0 aromatic carbocycles. The van der Waals surface area contributed by atoms with Crippen LogP contribution < -0.4 is 4.72 Å². The summed E-state index contributed by atoms with van der Waals surface area (Å²) in [4.78, 5) is 21.6. The summed E-state index contributed by atoms with van der Waals surface area (Å²) in [7, 11) is -3.74. The molecule has 0 aliphatic carbocycles. The normalized spacial score (nSPS) is 11.2. The molecule has 1 aromatic rings. The van der Waals surface area contributed by atoms with Gasteiger partial charge in [0.2, 0.25) is 10.0 Å². The van der Waals surface area contributed by atoms with Crippen LogP contribution in [0.3, 0.4) is 0 Å². The summed E-state index contributed by atoms with van der Waals surface area (Å²) in [5.41, 5.74) is 0. The van der Waals surface area contributed by atoms with E-state index in [0.29, 0.717) is 6.42 Å². The zero-order valence-corrected chi connectivity index (χ0v) is 12.4. The molecule has 0 saturated heterocycles. The third-order valence-corrected chi connectivity index (χ3v) is 4.76. The molecule has 2 N–H and O–H groups in total. The van der Waals surface area contributed by atoms with Gasteiger partial charge in [-0.05, 0) is 19.4 Å². The standard InChI is InChI=1S/C11H15NO6S2/c1-2-18-10(13)4-3-5-12-20(16,17)8-6-9(11(14)15)19-7-8/h6-7,12H,2-5H2,1H3,(H,14,15). The van der Waals surface area contributed by atoms with Crippen LogP contribution >= 0.6 is 11.3 Å². The van der Waals surface area contributed by atoms with Crippen molar-refractivity contribution < 1.29 is 27.9 Å². The van der Waals surface area contributed by atoms with E-state index >= 15 is 0 Å². The minimum absolute atomic E-state index is 0.0445. The van der Waals surface area contributed by atoms with Crippen LogP contribution in [0.25, 0.3) is 0 Å². The van der Waals surface area contributed by atoms with Crippen molar-refractivity contribution >= 4 is 33.3 Å². The van der Waals surface area contributed by atoms with Gasteiger partial charge in [0, 0.05) is 18.3 Å². The molecule has 0 radical (unpaired) electrons. The molecule has 7 nitrogen and oxygen atoms in total. The van der Waals surface area contributed by atoms with E-state index in [1.807, 2.05) is 0 Å². The Labute approximate surface area is 120 Å². The van der Waals surface area contributed by atoms with E-state index in [1.165, 1.54) is 5.38 Å². The molecular weight excluding hydrogens is 306 g/mol. The fraction of sp³-hybridized carbons (Fsp3) is 0.455. The molecule has 1 heterocycles. The molecule has 0 fully saturated rings. The maximum absolute atomic E-state index is 11.8. The summed E-state index contributed by atoms with van der Waals surface area (Å²) in [6.07, 6.45) is 0.439. The van der Waals surface area contributed by atoms with Gasteiger partial charge in [-0.2, -0.15) is 0 Å². The van der Waals surface area contributed by atoms with Gasteiger partial charge in [-0.25, -0.2) is 17.9 Å². The molecule has 0 spiro atoms. The molecule has 0 atom stereocenters. The highest BCUT2D eigenvalue weighted by Crippen LogP contribution is 2.19. The zero-order valence-electron chi connectivity index (χ0n) is 10.8. The number of carboxylic acids is 1. The molecule has 112 valence electrons. The average Bonchev–Trinajstić information content (AvgIpc) is 2.85. The molecule has 0 bridgehead atoms. The van der Waals surface area contributed by atoms with Gasteiger partial charge in [0.05, 0.1) is 11.5 Å². The number of hydrogen-bond donors (Lipinski definition) is 2. The lowest BCUT2D eigenvalue weighted by molar-refractivity contribution is -0.143. The Balaban J connectivity index is 2.49. The van der Waals surface area contributed by atoms with Gasteiger partial charge < -0.3 is 9.84 Å². The maximum Gasteiger partial charge on any atom is 0.345 e. The summed E-state index contributed by atoms with van der Waals surface area (Å²) in [6.45, 7) is 2.06. The first-order valence-electron chi connectivity index (χ1n) is 5.84. The second-order valence-corrected chi connectivity index (χ2v) is 6.44. The van der Waals surface area contributed by atoms with E-state index in [2.05, 4.69) is 4.72 Å². The Morgan fingerprint density at radius 2 is 2.15 bits per heavy atom. The van der Waals surface area contributed by atoms with E-state index in [1.54, 1.807) is 6.92 Å². The molecule has 1 aromatic heterocycles. The number of aromatic carboxylic acids is 1. The van der Waals surface area contributed by atoms with E-state index in [9.17, 15) is 18.0 Å². The fourth-order valence-electron chi connectivity index (χ4n) is 1.33. The topological polar surface area (TPSA) is 110 Å². The highest BCUT2D eigenvalue weighted by Gasteiger charge is 2.18. The Morgan fingerprint density at radius 1 is 1.45 bits per heavy atom. The number of rotatable bonds is 8. The lowest BCUT2D eigenvalue weighted by atomic mass is 10.3. The Hall–Kier alpha value is -1.45. The fourth-order valence-corrected chi connectivity index (χ4v) is 3.51. The van der Waals surface area contributed by atoms with Crippen LogP contribution in [-0.2, 0) is 19.6 Å². The van der Waals surface area contributed by atoms with Gasteiger partial charge in [-0.15, -0.1) is 11.3 Å². The van der Waals surface area contributed by atoms with Gasteiger partial charge >= 0.3 is 11.9 Å². The molecule has 0 saturated carbocycles. The predicted molar refractivity (Wildman–Crippen MR) is 72.3 cm³/mol. The summed E-state index contributed by atoms with van der Waals surface area (Å²) >= 11 is 0.842. The Morgan fingerprint density at radius 3 is 2.70 bits per heavy atom. The minimum atomic E-state index is -3.74. The van der Waals surface area contributed by atoms with Crippen molar-refractivity contribution in [2.75, 3.05) is 13.2 Å². The maximum atomic E-state index is 11.8. The van der Waals surface area contributed by atoms with E-state index in [4.69, 9.17) is 9.84 Å². The quantitative estimate of drug-likeness (QED) is 0.547. The van der Waals surface area contributed by atoms with Crippen molar-refractivity contribution in [1.82, 2.24) is 4.72 Å². The van der Waals surface area contributed by atoms with Crippen molar-refractivity contribution in [3.63, 3.8) is 0 Å². The summed E-state index contributed by atoms with van der Waals surface area (Å²) in [5, 5.41) is 9.99. The second-order valence-electron chi connectivity index (χ2n) is 3.76. The number of thiophene rings is 1. The lowest BCUT2D eigenvalue weighted by Crippen LogP contribution is -2.25. The van der Waals surface area contributed by atoms with E-state index in [-0.39, 0.29) is 35.3 Å². The van der Waals surface area contributed by atoms with Crippen molar-refractivity contribution in [3.8, 4) is 0 Å². The van der Waals surface area contributed by atoms with Crippen LogP contribution in [0, 0.1) is 0 Å². The van der Waals surface area contributed by atoms with Crippen LogP contribution in [0.2, 0.25) is 0 Å². The number of carbonyl (C=O) groups is 2. The number of carbonyl (C=O) groups excluding carboxylic acids is 1. The molecular formula is C11H15NO6S2. The van der Waals surface area contributed by atoms with Gasteiger partial charge in [-0.1, -0.05) is 0 Å². The van der Waals surface area contributed by atoms with Crippen LogP contribution in [-0.4, -0.2) is 38.6 Å². The molecule has 20 heavy (non-hydrogen) atoms. The lowest BCUT2D eigenvalue weighted by Gasteiger charge is -2.04. The van der Waals surface area contributed by atoms with Crippen LogP contribution in [0.4, 0.5) is 0 Å². The first-order valence-corrected chi connectivity index (χ1v) is 8.20. The number of sulfonamides is 1. The van der Waals surface area contributed by atoms with Crippen molar-refractivity contribution in [2.24, 2.45) is 0 Å². The molecule has 0 aliphatic rings. The zero-order chi connectivity index (χ0) is 15.2. The van der Waals surface area contributed by atoms with Crippen LogP contribution in [0.15, 0.2) is 16.3 Å². The van der Waals surface area contributed by atoms with Crippen molar-refractivity contribution in [2.45, 2.75) is 24.7 Å². The predicted octanol–water partition coefficient (Wildman–Crippen LogP) is 1.07. The monoisotopic (exact) mass is 321 g/mol. The molecule has 0 amide bonds. The van der Waals surface area contributed by atoms with E-state index < -0.39 is 16.0 Å². The number of hydrogen-bond acceptors (Lipinski definition) is 6. The van der Waals surface area contributed by atoms with Crippen molar-refractivity contribution in [1.29, 1.82) is 0 Å². The van der Waals surface area contributed by atoms with Gasteiger partial charge in [0.25, 0.3) is 0 Å². The molecule has 1 rings (SSSR count). The minimum Gasteiger partial charge on any atom is -0.477 e. The Kier molecular flexibility index (Phi) is 6.11. The SMILES string of the molecule is CCOC(=O)CCCNS(=O)(=O)c1csc(C(=O)O)c1. The van der Waals surface area contributed by atoms with Crippen molar-refractivity contribution in [3.05, 3.63) is 16.3 Å². The summed E-state index contributed by atoms with van der Waals surface area (Å²) in [5.74, 6) is -1.55. The first kappa shape index (κ1) is 16.6. The smallest absolute Gasteiger partial charge is 0.345 e. The molecule has 9 heteroatoms. The summed E-state index contributed by atoms with van der Waals surface area (Å²) < 4.78 is 30.7. The number of carboxylic acid groups (broad SMARTS) is 1. The molecule has 0 unspecified atom stereocenters. The van der Waals surface area contributed by atoms with Crippen LogP contribution in [0.5, 0.6) is 0 Å². The highest BCUT2D eigenvalue weighted by molar-refractivity contribution is 7.89. The van der Waals surface area contributed by atoms with Gasteiger partial charge in [0.1, 0.15) is 4.88 Å². The van der Waals surface area contributed by atoms with E-state index in [0.717, 1.165) is 17.4 Å². The third-order valence-electron chi connectivity index (χ3n) is 2.25. The first-order chi connectivity index (χ1) is 9.36. The number of ether oxygens (including phenoxy) is 1. The van der Waals surface area contributed by atoms with Gasteiger partial charge in [0.15, 0.2) is 0 Å². The average molecular weight is 321 g/mol. The number of nitrogens with one attached hydrogen (secondary N) is 1. The summed E-state index contributed by atoms with van der Waals surface area (Å²) in [6, 6.07) is 1.10. The second kappa shape index (κ2) is 7.36. The third kappa shape index (κ3) is 4.91. The highest BCUT2D eigenvalue weighted by atomic mass is 32.2. The largest absolute Gasteiger partial charge is 0.477 e. The van der Waals surface area contributed by atoms with Gasteiger partial charge in [-0.3, -0.25) is 4.79 Å². The Bertz CT molecular complexity index is 577. The van der Waals surface area contributed by atoms with Crippen LogP contribution in [0.1, 0.15) is 29.4 Å². The molecule has 0 aliphatic heterocycles.